The third-order valence-corrected chi connectivity index (χ3v) is 1.62. The molecule has 0 bridgehead atoms. The Hall–Kier alpha value is -1.66. The van der Waals surface area contributed by atoms with E-state index in [0.717, 1.165) is 4.68 Å². The lowest BCUT2D eigenvalue weighted by Gasteiger charge is -2.01. The number of methoxy groups -OCH3 is 1. The molecule has 1 aromatic heterocycles. The zero-order valence-corrected chi connectivity index (χ0v) is 8.11. The van der Waals surface area contributed by atoms with Crippen LogP contribution in [0.1, 0.15) is 0 Å². The van der Waals surface area contributed by atoms with Gasteiger partial charge in [0.2, 0.25) is 0 Å². The minimum Gasteiger partial charge on any atom is -0.468 e. The summed E-state index contributed by atoms with van der Waals surface area (Å²) >= 11 is 0. The SMILES string of the molecule is COC(=O)CNc1cnn(CC(F)F)c1. The number of alkyl halides is 2. The number of hydrogen-bond acceptors (Lipinski definition) is 4. The van der Waals surface area contributed by atoms with Crippen LogP contribution in [-0.4, -0.2) is 35.8 Å². The molecule has 84 valence electrons. The van der Waals surface area contributed by atoms with E-state index in [9.17, 15) is 13.6 Å². The number of nitrogens with one attached hydrogen (secondary N) is 1. The lowest BCUT2D eigenvalue weighted by molar-refractivity contribution is -0.138. The van der Waals surface area contributed by atoms with Crippen LogP contribution in [0.25, 0.3) is 0 Å². The van der Waals surface area contributed by atoms with Gasteiger partial charge >= 0.3 is 5.97 Å². The average molecular weight is 219 g/mol. The second-order valence-corrected chi connectivity index (χ2v) is 2.77. The van der Waals surface area contributed by atoms with Crippen LogP contribution in [0.5, 0.6) is 0 Å². The fraction of sp³-hybridized carbons (Fsp3) is 0.500. The molecule has 0 aromatic carbocycles. The highest BCUT2D eigenvalue weighted by Gasteiger charge is 2.06. The van der Waals surface area contributed by atoms with Gasteiger partial charge in [-0.25, -0.2) is 8.78 Å². The number of anilines is 1. The van der Waals surface area contributed by atoms with Crippen LogP contribution in [0.3, 0.4) is 0 Å². The number of ether oxygens (including phenoxy) is 1. The summed E-state index contributed by atoms with van der Waals surface area (Å²) < 4.78 is 29.4. The van der Waals surface area contributed by atoms with E-state index in [0.29, 0.717) is 5.69 Å². The molecule has 0 saturated heterocycles. The molecule has 1 N–H and O–H groups in total. The molecule has 0 unspecified atom stereocenters. The monoisotopic (exact) mass is 219 g/mol. The summed E-state index contributed by atoms with van der Waals surface area (Å²) in [5, 5.41) is 6.37. The molecular formula is C8H11F2N3O2. The third-order valence-electron chi connectivity index (χ3n) is 1.62. The molecule has 0 aliphatic rings. The van der Waals surface area contributed by atoms with Crippen molar-refractivity contribution in [2.24, 2.45) is 0 Å². The number of carbonyl (C=O) groups is 1. The fourth-order valence-corrected chi connectivity index (χ4v) is 0.943. The minimum atomic E-state index is -2.45. The van der Waals surface area contributed by atoms with Gasteiger partial charge in [-0.2, -0.15) is 5.10 Å². The predicted octanol–water partition coefficient (Wildman–Crippen LogP) is 0.733. The zero-order valence-electron chi connectivity index (χ0n) is 8.11. The Kier molecular flexibility index (Phi) is 4.02. The van der Waals surface area contributed by atoms with Gasteiger partial charge in [0, 0.05) is 6.20 Å². The lowest BCUT2D eigenvalue weighted by Crippen LogP contribution is -2.14. The highest BCUT2D eigenvalue weighted by atomic mass is 19.3. The van der Waals surface area contributed by atoms with Gasteiger partial charge in [0.15, 0.2) is 0 Å². The van der Waals surface area contributed by atoms with Crippen LogP contribution in [0.15, 0.2) is 12.4 Å². The highest BCUT2D eigenvalue weighted by molar-refractivity contribution is 5.74. The molecule has 0 radical (unpaired) electrons. The first kappa shape index (κ1) is 11.4. The number of halogens is 2. The summed E-state index contributed by atoms with van der Waals surface area (Å²) in [6, 6.07) is 0. The molecule has 7 heteroatoms. The number of hydrogen-bond donors (Lipinski definition) is 1. The smallest absolute Gasteiger partial charge is 0.325 e. The van der Waals surface area contributed by atoms with Crippen LogP contribution in [0, 0.1) is 0 Å². The second kappa shape index (κ2) is 5.28. The standard InChI is InChI=1S/C8H11F2N3O2/c1-15-8(14)3-11-6-2-12-13(4-6)5-7(9)10/h2,4,7,11H,3,5H2,1H3. The van der Waals surface area contributed by atoms with E-state index in [-0.39, 0.29) is 6.54 Å². The first-order valence-electron chi connectivity index (χ1n) is 4.23. The molecule has 0 aliphatic carbocycles. The summed E-state index contributed by atoms with van der Waals surface area (Å²) in [5.74, 6) is -0.434. The van der Waals surface area contributed by atoms with Crippen molar-refractivity contribution in [3.05, 3.63) is 12.4 Å². The maximum atomic E-state index is 11.9. The second-order valence-electron chi connectivity index (χ2n) is 2.77. The first-order chi connectivity index (χ1) is 7.11. The summed E-state index contributed by atoms with van der Waals surface area (Å²) in [7, 11) is 1.27. The molecule has 0 aliphatic heterocycles. The predicted molar refractivity (Wildman–Crippen MR) is 48.7 cm³/mol. The first-order valence-corrected chi connectivity index (χ1v) is 4.23. The maximum absolute atomic E-state index is 11.9. The normalized spacial score (nSPS) is 10.4. The van der Waals surface area contributed by atoms with Gasteiger partial charge in [-0.3, -0.25) is 9.48 Å². The Bertz CT molecular complexity index is 327. The summed E-state index contributed by atoms with van der Waals surface area (Å²) in [4.78, 5) is 10.7. The molecule has 0 fully saturated rings. The number of rotatable bonds is 5. The van der Waals surface area contributed by atoms with Crippen molar-refractivity contribution >= 4 is 11.7 Å². The molecule has 1 aromatic rings. The quantitative estimate of drug-likeness (QED) is 0.742. The molecule has 1 heterocycles. The summed E-state index contributed by atoms with van der Waals surface area (Å²) in [6.45, 7) is -0.475. The molecule has 1 rings (SSSR count). The van der Waals surface area contributed by atoms with E-state index < -0.39 is 18.9 Å². The van der Waals surface area contributed by atoms with Gasteiger partial charge in [0.25, 0.3) is 6.43 Å². The Labute approximate surface area is 85.0 Å². The summed E-state index contributed by atoms with van der Waals surface area (Å²) in [5.41, 5.74) is 0.501. The van der Waals surface area contributed by atoms with Gasteiger partial charge in [-0.05, 0) is 0 Å². The summed E-state index contributed by atoms with van der Waals surface area (Å²) in [6.07, 6.45) is 0.318. The van der Waals surface area contributed by atoms with Gasteiger partial charge in [0.05, 0.1) is 19.0 Å². The van der Waals surface area contributed by atoms with E-state index in [1.807, 2.05) is 0 Å². The lowest BCUT2D eigenvalue weighted by atomic mass is 10.5. The van der Waals surface area contributed by atoms with Crippen LogP contribution in [-0.2, 0) is 16.1 Å². The average Bonchev–Trinajstić information content (AvgIpc) is 2.61. The number of nitrogens with zero attached hydrogens (tertiary/aromatic N) is 2. The Morgan fingerprint density at radius 3 is 3.07 bits per heavy atom. The Morgan fingerprint density at radius 2 is 2.47 bits per heavy atom. The van der Waals surface area contributed by atoms with Crippen molar-refractivity contribution < 1.29 is 18.3 Å². The molecule has 0 saturated carbocycles. The van der Waals surface area contributed by atoms with Crippen molar-refractivity contribution in [1.82, 2.24) is 9.78 Å². The number of esters is 1. The van der Waals surface area contributed by atoms with Gasteiger partial charge < -0.3 is 10.1 Å². The van der Waals surface area contributed by atoms with Crippen LogP contribution >= 0.6 is 0 Å². The Balaban J connectivity index is 2.42. The zero-order chi connectivity index (χ0) is 11.3. The molecule has 5 nitrogen and oxygen atoms in total. The fourth-order valence-electron chi connectivity index (χ4n) is 0.943. The van der Waals surface area contributed by atoms with Crippen molar-refractivity contribution in [2.45, 2.75) is 13.0 Å². The van der Waals surface area contributed by atoms with Crippen LogP contribution in [0.4, 0.5) is 14.5 Å². The topological polar surface area (TPSA) is 56.1 Å². The van der Waals surface area contributed by atoms with E-state index in [2.05, 4.69) is 15.2 Å². The van der Waals surface area contributed by atoms with Crippen molar-refractivity contribution in [3.63, 3.8) is 0 Å². The van der Waals surface area contributed by atoms with Gasteiger partial charge in [0.1, 0.15) is 13.1 Å². The van der Waals surface area contributed by atoms with E-state index in [1.54, 1.807) is 0 Å². The Morgan fingerprint density at radius 1 is 1.73 bits per heavy atom. The number of aromatic nitrogens is 2. The van der Waals surface area contributed by atoms with E-state index in [1.165, 1.54) is 19.5 Å². The number of carbonyl (C=O) groups excluding carboxylic acids is 1. The largest absolute Gasteiger partial charge is 0.468 e. The minimum absolute atomic E-state index is 0.0170. The van der Waals surface area contributed by atoms with Gasteiger partial charge in [-0.15, -0.1) is 0 Å². The molecule has 15 heavy (non-hydrogen) atoms. The molecule has 0 spiro atoms. The van der Waals surface area contributed by atoms with E-state index in [4.69, 9.17) is 0 Å². The van der Waals surface area contributed by atoms with Crippen molar-refractivity contribution in [3.8, 4) is 0 Å². The molecule has 0 amide bonds. The highest BCUT2D eigenvalue weighted by Crippen LogP contribution is 2.06. The van der Waals surface area contributed by atoms with Crippen molar-refractivity contribution in [1.29, 1.82) is 0 Å². The van der Waals surface area contributed by atoms with Crippen LogP contribution in [0.2, 0.25) is 0 Å². The third kappa shape index (κ3) is 3.92. The van der Waals surface area contributed by atoms with E-state index >= 15 is 0 Å². The molecule has 0 atom stereocenters. The molecular weight excluding hydrogens is 208 g/mol. The van der Waals surface area contributed by atoms with Crippen LogP contribution < -0.4 is 5.32 Å². The van der Waals surface area contributed by atoms with Gasteiger partial charge in [-0.1, -0.05) is 0 Å². The van der Waals surface area contributed by atoms with Crippen molar-refractivity contribution in [2.75, 3.05) is 19.0 Å². The maximum Gasteiger partial charge on any atom is 0.325 e.